The molecule has 1 aromatic carbocycles. The molecule has 0 aliphatic carbocycles. The van der Waals surface area contributed by atoms with Crippen LogP contribution in [0.1, 0.15) is 12.0 Å². The highest BCUT2D eigenvalue weighted by Gasteiger charge is 2.04. The van der Waals surface area contributed by atoms with E-state index in [4.69, 9.17) is 9.47 Å². The zero-order valence-corrected chi connectivity index (χ0v) is 9.75. The molecule has 0 unspecified atom stereocenters. The van der Waals surface area contributed by atoms with Gasteiger partial charge in [-0.05, 0) is 24.7 Å². The highest BCUT2D eigenvalue weighted by atomic mass is 19.1. The van der Waals surface area contributed by atoms with Gasteiger partial charge in [0.25, 0.3) is 0 Å². The molecule has 0 aliphatic rings. The van der Waals surface area contributed by atoms with Gasteiger partial charge in [-0.1, -0.05) is 6.07 Å². The summed E-state index contributed by atoms with van der Waals surface area (Å²) in [5.74, 6) is -0.0128. The van der Waals surface area contributed by atoms with E-state index in [1.807, 2.05) is 13.1 Å². The minimum absolute atomic E-state index is 0.302. The van der Waals surface area contributed by atoms with Gasteiger partial charge in [0.1, 0.15) is 0 Å². The summed E-state index contributed by atoms with van der Waals surface area (Å²) in [5.41, 5.74) is 0.907. The zero-order valence-electron chi connectivity index (χ0n) is 9.75. The lowest BCUT2D eigenvalue weighted by atomic mass is 10.2. The fourth-order valence-corrected chi connectivity index (χ4v) is 1.36. The molecule has 3 nitrogen and oxygen atoms in total. The SMILES string of the molecule is CNCc1ccc(OCCCOC)c(F)c1. The molecular weight excluding hydrogens is 209 g/mol. The lowest BCUT2D eigenvalue weighted by molar-refractivity contribution is 0.170. The van der Waals surface area contributed by atoms with E-state index in [-0.39, 0.29) is 5.82 Å². The molecular formula is C12H18FNO2. The number of hydrogen-bond acceptors (Lipinski definition) is 3. The molecule has 1 aromatic rings. The maximum atomic E-state index is 13.5. The van der Waals surface area contributed by atoms with Gasteiger partial charge in [0.2, 0.25) is 0 Å². The average Bonchev–Trinajstić information content (AvgIpc) is 2.27. The van der Waals surface area contributed by atoms with Crippen molar-refractivity contribution in [2.75, 3.05) is 27.4 Å². The van der Waals surface area contributed by atoms with Crippen LogP contribution in [0.4, 0.5) is 4.39 Å². The molecule has 4 heteroatoms. The third kappa shape index (κ3) is 4.16. The van der Waals surface area contributed by atoms with Crippen LogP contribution in [-0.4, -0.2) is 27.4 Å². The number of nitrogens with one attached hydrogen (secondary N) is 1. The minimum atomic E-state index is -0.315. The minimum Gasteiger partial charge on any atom is -0.490 e. The largest absolute Gasteiger partial charge is 0.490 e. The number of benzene rings is 1. The maximum absolute atomic E-state index is 13.5. The molecule has 0 aromatic heterocycles. The van der Waals surface area contributed by atoms with Crippen LogP contribution in [-0.2, 0) is 11.3 Å². The van der Waals surface area contributed by atoms with Crippen LogP contribution in [0, 0.1) is 5.82 Å². The predicted octanol–water partition coefficient (Wildman–Crippen LogP) is 1.96. The average molecular weight is 227 g/mol. The first-order chi connectivity index (χ1) is 7.77. The lowest BCUT2D eigenvalue weighted by Gasteiger charge is -2.08. The van der Waals surface area contributed by atoms with E-state index in [9.17, 15) is 4.39 Å². The molecule has 0 saturated carbocycles. The molecule has 0 amide bonds. The Hall–Kier alpha value is -1.13. The number of ether oxygens (including phenoxy) is 2. The van der Waals surface area contributed by atoms with Crippen molar-refractivity contribution in [3.63, 3.8) is 0 Å². The normalized spacial score (nSPS) is 10.4. The molecule has 0 saturated heterocycles. The van der Waals surface area contributed by atoms with Crippen molar-refractivity contribution >= 4 is 0 Å². The monoisotopic (exact) mass is 227 g/mol. The van der Waals surface area contributed by atoms with Gasteiger partial charge in [-0.25, -0.2) is 4.39 Å². The first-order valence-electron chi connectivity index (χ1n) is 5.32. The third-order valence-corrected chi connectivity index (χ3v) is 2.13. The smallest absolute Gasteiger partial charge is 0.165 e. The van der Waals surface area contributed by atoms with Crippen molar-refractivity contribution in [3.05, 3.63) is 29.6 Å². The first kappa shape index (κ1) is 12.9. The van der Waals surface area contributed by atoms with Crippen molar-refractivity contribution in [1.82, 2.24) is 5.32 Å². The highest BCUT2D eigenvalue weighted by molar-refractivity contribution is 5.29. The van der Waals surface area contributed by atoms with Crippen LogP contribution in [0.3, 0.4) is 0 Å². The maximum Gasteiger partial charge on any atom is 0.165 e. The highest BCUT2D eigenvalue weighted by Crippen LogP contribution is 2.18. The Morgan fingerprint density at radius 3 is 2.75 bits per heavy atom. The van der Waals surface area contributed by atoms with Crippen LogP contribution in [0.2, 0.25) is 0 Å². The quantitative estimate of drug-likeness (QED) is 0.722. The molecule has 0 spiro atoms. The Morgan fingerprint density at radius 2 is 2.12 bits per heavy atom. The van der Waals surface area contributed by atoms with Crippen molar-refractivity contribution in [2.24, 2.45) is 0 Å². The van der Waals surface area contributed by atoms with Crippen molar-refractivity contribution in [3.8, 4) is 5.75 Å². The van der Waals surface area contributed by atoms with Crippen LogP contribution in [0.15, 0.2) is 18.2 Å². The second-order valence-corrected chi connectivity index (χ2v) is 3.49. The van der Waals surface area contributed by atoms with Crippen LogP contribution >= 0.6 is 0 Å². The molecule has 0 radical (unpaired) electrons. The summed E-state index contributed by atoms with van der Waals surface area (Å²) >= 11 is 0. The molecule has 0 bridgehead atoms. The van der Waals surface area contributed by atoms with Crippen molar-refractivity contribution in [2.45, 2.75) is 13.0 Å². The Kier molecular flexibility index (Phi) is 5.82. The molecule has 90 valence electrons. The molecule has 0 aliphatic heterocycles. The van der Waals surface area contributed by atoms with E-state index in [2.05, 4.69) is 5.32 Å². The van der Waals surface area contributed by atoms with Gasteiger partial charge >= 0.3 is 0 Å². The van der Waals surface area contributed by atoms with Gasteiger partial charge in [-0.2, -0.15) is 0 Å². The number of rotatable bonds is 7. The Balaban J connectivity index is 2.47. The Bertz CT molecular complexity index is 318. The predicted molar refractivity (Wildman–Crippen MR) is 61.2 cm³/mol. The van der Waals surface area contributed by atoms with Gasteiger partial charge in [0.15, 0.2) is 11.6 Å². The second kappa shape index (κ2) is 7.19. The molecule has 1 rings (SSSR count). The van der Waals surface area contributed by atoms with Gasteiger partial charge in [-0.3, -0.25) is 0 Å². The summed E-state index contributed by atoms with van der Waals surface area (Å²) in [6, 6.07) is 5.00. The summed E-state index contributed by atoms with van der Waals surface area (Å²) in [7, 11) is 3.46. The first-order valence-corrected chi connectivity index (χ1v) is 5.32. The zero-order chi connectivity index (χ0) is 11.8. The van der Waals surface area contributed by atoms with Crippen molar-refractivity contribution in [1.29, 1.82) is 0 Å². The summed E-state index contributed by atoms with van der Waals surface area (Å²) in [5, 5.41) is 2.97. The van der Waals surface area contributed by atoms with Crippen LogP contribution < -0.4 is 10.1 Å². The summed E-state index contributed by atoms with van der Waals surface area (Å²) in [6.07, 6.45) is 0.758. The van der Waals surface area contributed by atoms with Gasteiger partial charge < -0.3 is 14.8 Å². The number of hydrogen-bond donors (Lipinski definition) is 1. The number of halogens is 1. The standard InChI is InChI=1S/C12H18FNO2/c1-14-9-10-4-5-12(11(13)8-10)16-7-3-6-15-2/h4-5,8,14H,3,6-7,9H2,1-2H3. The van der Waals surface area contributed by atoms with E-state index in [1.165, 1.54) is 6.07 Å². The fourth-order valence-electron chi connectivity index (χ4n) is 1.36. The van der Waals surface area contributed by atoms with Gasteiger partial charge in [0, 0.05) is 26.7 Å². The topological polar surface area (TPSA) is 30.5 Å². The lowest BCUT2D eigenvalue weighted by Crippen LogP contribution is -2.06. The Labute approximate surface area is 95.6 Å². The van der Waals surface area contributed by atoms with Gasteiger partial charge in [-0.15, -0.1) is 0 Å². The molecule has 0 fully saturated rings. The Morgan fingerprint density at radius 1 is 1.31 bits per heavy atom. The number of methoxy groups -OCH3 is 1. The summed E-state index contributed by atoms with van der Waals surface area (Å²) < 4.78 is 23.7. The van der Waals surface area contributed by atoms with E-state index in [0.29, 0.717) is 25.5 Å². The third-order valence-electron chi connectivity index (χ3n) is 2.13. The summed E-state index contributed by atoms with van der Waals surface area (Å²) in [4.78, 5) is 0. The van der Waals surface area contributed by atoms with E-state index < -0.39 is 0 Å². The van der Waals surface area contributed by atoms with Gasteiger partial charge in [0.05, 0.1) is 6.61 Å². The van der Waals surface area contributed by atoms with Crippen molar-refractivity contribution < 1.29 is 13.9 Å². The molecule has 16 heavy (non-hydrogen) atoms. The van der Waals surface area contributed by atoms with Crippen LogP contribution in [0.25, 0.3) is 0 Å². The van der Waals surface area contributed by atoms with E-state index in [0.717, 1.165) is 12.0 Å². The molecule has 0 atom stereocenters. The summed E-state index contributed by atoms with van der Waals surface area (Å²) in [6.45, 7) is 1.75. The molecule has 1 N–H and O–H groups in total. The fraction of sp³-hybridized carbons (Fsp3) is 0.500. The molecule has 0 heterocycles. The van der Waals surface area contributed by atoms with E-state index >= 15 is 0 Å². The van der Waals surface area contributed by atoms with E-state index in [1.54, 1.807) is 13.2 Å². The van der Waals surface area contributed by atoms with Crippen LogP contribution in [0.5, 0.6) is 5.75 Å². The second-order valence-electron chi connectivity index (χ2n) is 3.49.